The number of unbranched alkanes of at least 4 members (excludes halogenated alkanes) is 4. The second-order valence-electron chi connectivity index (χ2n) is 3.58. The molecular formula is C11H25NO4. The maximum atomic E-state index is 8.63. The van der Waals surface area contributed by atoms with Crippen LogP contribution in [0.4, 0.5) is 0 Å². The van der Waals surface area contributed by atoms with E-state index in [4.69, 9.17) is 19.9 Å². The number of rotatable bonds is 12. The van der Waals surface area contributed by atoms with Crippen molar-refractivity contribution in [3.63, 3.8) is 0 Å². The second kappa shape index (κ2) is 12.9. The molecular weight excluding hydrogens is 210 g/mol. The fourth-order valence-corrected chi connectivity index (χ4v) is 1.30. The van der Waals surface area contributed by atoms with E-state index in [0.29, 0.717) is 6.54 Å². The zero-order chi connectivity index (χ0) is 12.1. The monoisotopic (exact) mass is 235 g/mol. The summed E-state index contributed by atoms with van der Waals surface area (Å²) in [6.07, 6.45) is 5.86. The third-order valence-corrected chi connectivity index (χ3v) is 2.10. The van der Waals surface area contributed by atoms with Crippen LogP contribution in [0.5, 0.6) is 0 Å². The molecule has 0 aliphatic carbocycles. The molecule has 0 radical (unpaired) electrons. The molecule has 0 atom stereocenters. The zero-order valence-electron chi connectivity index (χ0n) is 10.2. The molecule has 5 nitrogen and oxygen atoms in total. The molecule has 0 aliphatic heterocycles. The molecule has 0 heterocycles. The Bertz CT molecular complexity index is 127. The number of nitrogens with zero attached hydrogens (tertiary/aromatic N) is 1. The Balaban J connectivity index is 3.48. The first kappa shape index (κ1) is 15.8. The van der Waals surface area contributed by atoms with Gasteiger partial charge in [0, 0.05) is 0 Å². The Morgan fingerprint density at radius 2 is 1.44 bits per heavy atom. The second-order valence-corrected chi connectivity index (χ2v) is 3.58. The molecule has 2 N–H and O–H groups in total. The van der Waals surface area contributed by atoms with Crippen molar-refractivity contribution in [3.05, 3.63) is 0 Å². The van der Waals surface area contributed by atoms with Crippen LogP contribution in [-0.4, -0.2) is 48.4 Å². The first-order valence-corrected chi connectivity index (χ1v) is 6.10. The molecule has 0 aromatic heterocycles. The topological polar surface area (TPSA) is 62.2 Å². The summed E-state index contributed by atoms with van der Waals surface area (Å²) in [7, 11) is 0. The van der Waals surface area contributed by atoms with Gasteiger partial charge in [-0.15, -0.1) is 0 Å². The van der Waals surface area contributed by atoms with Crippen LogP contribution < -0.4 is 0 Å². The van der Waals surface area contributed by atoms with Gasteiger partial charge in [-0.1, -0.05) is 37.8 Å². The molecule has 5 heteroatoms. The molecule has 0 spiro atoms. The van der Waals surface area contributed by atoms with Crippen molar-refractivity contribution in [1.82, 2.24) is 5.23 Å². The Morgan fingerprint density at radius 3 is 1.94 bits per heavy atom. The smallest absolute Gasteiger partial charge is 0.0942 e. The molecule has 0 aromatic rings. The van der Waals surface area contributed by atoms with Crippen molar-refractivity contribution in [2.45, 2.75) is 39.0 Å². The average Bonchev–Trinajstić information content (AvgIpc) is 2.31. The predicted octanol–water partition coefficient (Wildman–Crippen LogP) is 1.11. The lowest BCUT2D eigenvalue weighted by molar-refractivity contribution is -0.371. The molecule has 0 saturated heterocycles. The molecule has 16 heavy (non-hydrogen) atoms. The normalized spacial score (nSPS) is 11.2. The van der Waals surface area contributed by atoms with Crippen LogP contribution in [0.15, 0.2) is 0 Å². The highest BCUT2D eigenvalue weighted by atomic mass is 16.9. The van der Waals surface area contributed by atoms with Gasteiger partial charge in [0.2, 0.25) is 0 Å². The van der Waals surface area contributed by atoms with E-state index in [9.17, 15) is 0 Å². The minimum absolute atomic E-state index is 0.0329. The maximum absolute atomic E-state index is 8.63. The van der Waals surface area contributed by atoms with Gasteiger partial charge in [-0.3, -0.25) is 9.68 Å². The van der Waals surface area contributed by atoms with Crippen LogP contribution in [0.1, 0.15) is 39.0 Å². The van der Waals surface area contributed by atoms with Crippen LogP contribution >= 0.6 is 0 Å². The SMILES string of the molecule is CCCCCCCN(OCCO)OCCO. The van der Waals surface area contributed by atoms with Gasteiger partial charge in [0.25, 0.3) is 0 Å². The number of hydrogen-bond donors (Lipinski definition) is 2. The van der Waals surface area contributed by atoms with E-state index < -0.39 is 0 Å². The molecule has 98 valence electrons. The van der Waals surface area contributed by atoms with Gasteiger partial charge in [0.1, 0.15) is 0 Å². The summed E-state index contributed by atoms with van der Waals surface area (Å²) in [5.41, 5.74) is 0. The summed E-state index contributed by atoms with van der Waals surface area (Å²) in [5.74, 6) is 0. The number of hydroxylamine groups is 2. The van der Waals surface area contributed by atoms with Gasteiger partial charge >= 0.3 is 0 Å². The number of aliphatic hydroxyl groups excluding tert-OH is 2. The van der Waals surface area contributed by atoms with Crippen LogP contribution in [0.2, 0.25) is 0 Å². The van der Waals surface area contributed by atoms with Crippen LogP contribution in [0.3, 0.4) is 0 Å². The minimum atomic E-state index is -0.0329. The van der Waals surface area contributed by atoms with E-state index in [2.05, 4.69) is 6.92 Å². The quantitative estimate of drug-likeness (QED) is 0.392. The molecule has 0 bridgehead atoms. The molecule has 0 aliphatic rings. The molecule has 0 unspecified atom stereocenters. The number of hydrogen-bond acceptors (Lipinski definition) is 5. The summed E-state index contributed by atoms with van der Waals surface area (Å²) in [5, 5.41) is 18.6. The highest BCUT2D eigenvalue weighted by Crippen LogP contribution is 2.04. The van der Waals surface area contributed by atoms with Gasteiger partial charge < -0.3 is 10.2 Å². The minimum Gasteiger partial charge on any atom is -0.394 e. The van der Waals surface area contributed by atoms with E-state index in [0.717, 1.165) is 12.8 Å². The van der Waals surface area contributed by atoms with Crippen molar-refractivity contribution in [1.29, 1.82) is 0 Å². The van der Waals surface area contributed by atoms with E-state index >= 15 is 0 Å². The summed E-state index contributed by atoms with van der Waals surface area (Å²) >= 11 is 0. The van der Waals surface area contributed by atoms with Gasteiger partial charge in [0.05, 0.1) is 33.0 Å². The van der Waals surface area contributed by atoms with E-state index in [-0.39, 0.29) is 26.4 Å². The summed E-state index contributed by atoms with van der Waals surface area (Å²) in [4.78, 5) is 10.3. The standard InChI is InChI=1S/C11H25NO4/c1-2-3-4-5-6-7-12(15-10-8-13)16-11-9-14/h13-14H,2-11H2,1H3. The largest absolute Gasteiger partial charge is 0.394 e. The van der Waals surface area contributed by atoms with Gasteiger partial charge in [-0.05, 0) is 6.42 Å². The third-order valence-electron chi connectivity index (χ3n) is 2.10. The van der Waals surface area contributed by atoms with Crippen molar-refractivity contribution in [2.75, 3.05) is 33.0 Å². The van der Waals surface area contributed by atoms with E-state index in [1.807, 2.05) is 0 Å². The summed E-state index contributed by atoms with van der Waals surface area (Å²) in [6.45, 7) is 3.23. The molecule has 0 aromatic carbocycles. The first-order valence-electron chi connectivity index (χ1n) is 6.10. The lowest BCUT2D eigenvalue weighted by Crippen LogP contribution is -2.28. The van der Waals surface area contributed by atoms with Crippen molar-refractivity contribution >= 4 is 0 Å². The Hall–Kier alpha value is -0.200. The highest BCUT2D eigenvalue weighted by molar-refractivity contribution is 4.43. The average molecular weight is 235 g/mol. The number of aliphatic hydroxyl groups is 2. The van der Waals surface area contributed by atoms with Crippen molar-refractivity contribution in [2.24, 2.45) is 0 Å². The molecule has 0 rings (SSSR count). The van der Waals surface area contributed by atoms with Crippen LogP contribution in [0, 0.1) is 0 Å². The lowest BCUT2D eigenvalue weighted by atomic mass is 10.2. The molecule has 0 amide bonds. The van der Waals surface area contributed by atoms with Crippen LogP contribution in [0.25, 0.3) is 0 Å². The van der Waals surface area contributed by atoms with Gasteiger partial charge in [-0.2, -0.15) is 0 Å². The van der Waals surface area contributed by atoms with Gasteiger partial charge in [0.15, 0.2) is 0 Å². The lowest BCUT2D eigenvalue weighted by Gasteiger charge is -2.20. The third kappa shape index (κ3) is 10.3. The fraction of sp³-hybridized carbons (Fsp3) is 1.00. The molecule has 0 fully saturated rings. The summed E-state index contributed by atoms with van der Waals surface area (Å²) < 4.78 is 0. The fourth-order valence-electron chi connectivity index (χ4n) is 1.30. The zero-order valence-corrected chi connectivity index (χ0v) is 10.2. The predicted molar refractivity (Wildman–Crippen MR) is 61.5 cm³/mol. The summed E-state index contributed by atoms with van der Waals surface area (Å²) in [6, 6.07) is 0. The van der Waals surface area contributed by atoms with Crippen molar-refractivity contribution in [3.8, 4) is 0 Å². The van der Waals surface area contributed by atoms with Gasteiger partial charge in [-0.25, -0.2) is 0 Å². The highest BCUT2D eigenvalue weighted by Gasteiger charge is 2.05. The first-order chi connectivity index (χ1) is 7.85. The molecule has 0 saturated carbocycles. The maximum Gasteiger partial charge on any atom is 0.0942 e. The Labute approximate surface area is 97.9 Å². The van der Waals surface area contributed by atoms with E-state index in [1.54, 1.807) is 0 Å². The van der Waals surface area contributed by atoms with Crippen LogP contribution in [-0.2, 0) is 9.68 Å². The van der Waals surface area contributed by atoms with Crippen molar-refractivity contribution < 1.29 is 19.9 Å². The Morgan fingerprint density at radius 1 is 0.875 bits per heavy atom. The van der Waals surface area contributed by atoms with E-state index in [1.165, 1.54) is 24.5 Å². The Kier molecular flexibility index (Phi) is 12.7.